The second kappa shape index (κ2) is 19.0. The molecule has 0 aliphatic carbocycles. The van der Waals surface area contributed by atoms with Gasteiger partial charge >= 0.3 is 0 Å². The number of hydrogen-bond acceptors (Lipinski definition) is 2. The smallest absolute Gasteiger partial charge is 0.00773 e. The molecule has 4 N–H and O–H groups in total. The van der Waals surface area contributed by atoms with Crippen LogP contribution in [0.5, 0.6) is 0 Å². The monoisotopic (exact) mass is 312 g/mol. The van der Waals surface area contributed by atoms with Gasteiger partial charge in [-0.05, 0) is 31.8 Å². The van der Waals surface area contributed by atoms with Crippen LogP contribution in [0.3, 0.4) is 0 Å². The first-order chi connectivity index (χ1) is 10.8. The first-order valence-corrected chi connectivity index (χ1v) is 10.2. The second-order valence-corrected chi connectivity index (χ2v) is 7.21. The van der Waals surface area contributed by atoms with Crippen molar-refractivity contribution in [3.8, 4) is 0 Å². The Bertz CT molecular complexity index is 194. The molecule has 0 radical (unpaired) electrons. The van der Waals surface area contributed by atoms with E-state index in [0.717, 1.165) is 19.0 Å². The zero-order valence-corrected chi connectivity index (χ0v) is 15.5. The molecule has 1 atom stereocenters. The largest absolute Gasteiger partial charge is 0.330 e. The molecule has 0 aromatic heterocycles. The van der Waals surface area contributed by atoms with Crippen molar-refractivity contribution in [3.63, 3.8) is 0 Å². The zero-order valence-electron chi connectivity index (χ0n) is 15.5. The molecule has 134 valence electrons. The Morgan fingerprint density at radius 2 is 0.727 bits per heavy atom. The van der Waals surface area contributed by atoms with Crippen molar-refractivity contribution in [2.45, 2.75) is 110 Å². The van der Waals surface area contributed by atoms with Crippen molar-refractivity contribution >= 4 is 0 Å². The third-order valence-electron chi connectivity index (χ3n) is 4.80. The van der Waals surface area contributed by atoms with E-state index >= 15 is 0 Å². The molecule has 0 spiro atoms. The quantitative estimate of drug-likeness (QED) is 0.315. The van der Waals surface area contributed by atoms with Crippen molar-refractivity contribution in [2.75, 3.05) is 13.1 Å². The lowest BCUT2D eigenvalue weighted by molar-refractivity contribution is 0.431. The lowest BCUT2D eigenvalue weighted by Crippen LogP contribution is -1.98. The van der Waals surface area contributed by atoms with Gasteiger partial charge in [0.1, 0.15) is 0 Å². The molecule has 0 bridgehead atoms. The normalized spacial score (nSPS) is 12.7. The number of nitrogens with two attached hydrogens (primary N) is 2. The van der Waals surface area contributed by atoms with Crippen molar-refractivity contribution < 1.29 is 0 Å². The van der Waals surface area contributed by atoms with Crippen LogP contribution in [-0.4, -0.2) is 13.1 Å². The van der Waals surface area contributed by atoms with Gasteiger partial charge in [0.15, 0.2) is 0 Å². The Kier molecular flexibility index (Phi) is 18.9. The highest BCUT2D eigenvalue weighted by Gasteiger charge is 2.02. The van der Waals surface area contributed by atoms with E-state index in [-0.39, 0.29) is 0 Å². The molecule has 0 amide bonds. The maximum atomic E-state index is 5.51. The molecule has 0 rings (SSSR count). The molecule has 1 unspecified atom stereocenters. The topological polar surface area (TPSA) is 52.0 Å². The minimum absolute atomic E-state index is 0.865. The first-order valence-electron chi connectivity index (χ1n) is 10.2. The highest BCUT2D eigenvalue weighted by atomic mass is 14.5. The number of rotatable bonds is 18. The van der Waals surface area contributed by atoms with Gasteiger partial charge in [0, 0.05) is 0 Å². The second-order valence-electron chi connectivity index (χ2n) is 7.21. The fourth-order valence-corrected chi connectivity index (χ4v) is 3.19. The minimum Gasteiger partial charge on any atom is -0.330 e. The molecule has 22 heavy (non-hydrogen) atoms. The number of hydrogen-bond donors (Lipinski definition) is 2. The molecule has 2 nitrogen and oxygen atoms in total. The molecule has 0 saturated heterocycles. The summed E-state index contributed by atoms with van der Waals surface area (Å²) in [6.07, 6.45) is 22.2. The van der Waals surface area contributed by atoms with Crippen molar-refractivity contribution in [3.05, 3.63) is 0 Å². The van der Waals surface area contributed by atoms with Gasteiger partial charge in [-0.15, -0.1) is 0 Å². The molecule has 0 aromatic rings. The third-order valence-corrected chi connectivity index (χ3v) is 4.80. The molecule has 2 heteroatoms. The van der Waals surface area contributed by atoms with Gasteiger partial charge in [-0.3, -0.25) is 0 Å². The molecule has 0 heterocycles. The van der Waals surface area contributed by atoms with E-state index in [1.54, 1.807) is 0 Å². The summed E-state index contributed by atoms with van der Waals surface area (Å²) in [4.78, 5) is 0. The predicted molar refractivity (Wildman–Crippen MR) is 101 cm³/mol. The van der Waals surface area contributed by atoms with E-state index in [9.17, 15) is 0 Å². The summed E-state index contributed by atoms with van der Waals surface area (Å²) in [5, 5.41) is 0. The molecular weight excluding hydrogens is 268 g/mol. The number of unbranched alkanes of at least 4 members (excludes halogenated alkanes) is 12. The van der Waals surface area contributed by atoms with E-state index in [1.165, 1.54) is 103 Å². The van der Waals surface area contributed by atoms with E-state index in [2.05, 4.69) is 6.92 Å². The molecule has 0 aliphatic rings. The lowest BCUT2D eigenvalue weighted by Gasteiger charge is -2.11. The van der Waals surface area contributed by atoms with Crippen LogP contribution in [0.4, 0.5) is 0 Å². The first kappa shape index (κ1) is 21.9. The highest BCUT2D eigenvalue weighted by Crippen LogP contribution is 2.18. The molecule has 0 saturated carbocycles. The fourth-order valence-electron chi connectivity index (χ4n) is 3.19. The Labute approximate surface area is 140 Å². The van der Waals surface area contributed by atoms with Crippen molar-refractivity contribution in [2.24, 2.45) is 17.4 Å². The molecule has 0 aliphatic heterocycles. The van der Waals surface area contributed by atoms with Gasteiger partial charge in [-0.1, -0.05) is 96.8 Å². The SMILES string of the molecule is CC(CCCCCCCN)CCCCCCCCCCCN. The van der Waals surface area contributed by atoms with Crippen LogP contribution in [0.1, 0.15) is 110 Å². The summed E-state index contributed by atoms with van der Waals surface area (Å²) in [7, 11) is 0. The Morgan fingerprint density at radius 3 is 1.05 bits per heavy atom. The van der Waals surface area contributed by atoms with Crippen LogP contribution in [0, 0.1) is 5.92 Å². The molecular formula is C20H44N2. The Balaban J connectivity index is 3.10. The minimum atomic E-state index is 0.865. The van der Waals surface area contributed by atoms with Gasteiger partial charge in [-0.2, -0.15) is 0 Å². The third kappa shape index (κ3) is 18.0. The lowest BCUT2D eigenvalue weighted by atomic mass is 9.96. The molecule has 0 aromatic carbocycles. The van der Waals surface area contributed by atoms with Gasteiger partial charge in [0.2, 0.25) is 0 Å². The average molecular weight is 313 g/mol. The summed E-state index contributed by atoms with van der Waals surface area (Å²) in [5.41, 5.74) is 11.0. The maximum absolute atomic E-state index is 5.51. The fraction of sp³-hybridized carbons (Fsp3) is 1.00. The summed E-state index contributed by atoms with van der Waals surface area (Å²) >= 11 is 0. The van der Waals surface area contributed by atoms with Crippen LogP contribution < -0.4 is 11.5 Å². The standard InChI is InChI=1S/C20H44N2/c1-20(17-13-9-7-11-15-19-22)16-12-8-5-3-2-4-6-10-14-18-21/h20H,2-19,21-22H2,1H3. The van der Waals surface area contributed by atoms with Crippen molar-refractivity contribution in [1.82, 2.24) is 0 Å². The summed E-state index contributed by atoms with van der Waals surface area (Å²) < 4.78 is 0. The van der Waals surface area contributed by atoms with Crippen LogP contribution in [-0.2, 0) is 0 Å². The summed E-state index contributed by atoms with van der Waals surface area (Å²) in [6.45, 7) is 4.17. The van der Waals surface area contributed by atoms with Crippen LogP contribution in [0.25, 0.3) is 0 Å². The summed E-state index contributed by atoms with van der Waals surface area (Å²) in [5.74, 6) is 0.936. The van der Waals surface area contributed by atoms with Crippen LogP contribution >= 0.6 is 0 Å². The Hall–Kier alpha value is -0.0800. The average Bonchev–Trinajstić information content (AvgIpc) is 2.52. The zero-order chi connectivity index (χ0) is 16.3. The maximum Gasteiger partial charge on any atom is -0.00773 e. The summed E-state index contributed by atoms with van der Waals surface area (Å²) in [6, 6.07) is 0. The highest BCUT2D eigenvalue weighted by molar-refractivity contribution is 4.56. The van der Waals surface area contributed by atoms with Gasteiger partial charge in [-0.25, -0.2) is 0 Å². The van der Waals surface area contributed by atoms with Crippen LogP contribution in [0.15, 0.2) is 0 Å². The van der Waals surface area contributed by atoms with Gasteiger partial charge < -0.3 is 11.5 Å². The van der Waals surface area contributed by atoms with Gasteiger partial charge in [0.05, 0.1) is 0 Å². The van der Waals surface area contributed by atoms with Crippen LogP contribution in [0.2, 0.25) is 0 Å². The van der Waals surface area contributed by atoms with E-state index in [4.69, 9.17) is 11.5 Å². The van der Waals surface area contributed by atoms with E-state index in [1.807, 2.05) is 0 Å². The van der Waals surface area contributed by atoms with E-state index in [0.29, 0.717) is 0 Å². The van der Waals surface area contributed by atoms with Gasteiger partial charge in [0.25, 0.3) is 0 Å². The molecule has 0 fully saturated rings. The van der Waals surface area contributed by atoms with Crippen molar-refractivity contribution in [1.29, 1.82) is 0 Å². The Morgan fingerprint density at radius 1 is 0.455 bits per heavy atom. The van der Waals surface area contributed by atoms with E-state index < -0.39 is 0 Å². The predicted octanol–water partition coefficient (Wildman–Crippen LogP) is 5.78.